The topological polar surface area (TPSA) is 76.8 Å². The predicted octanol–water partition coefficient (Wildman–Crippen LogP) is 4.99. The summed E-state index contributed by atoms with van der Waals surface area (Å²) in [5.74, 6) is 1.62. The first kappa shape index (κ1) is 23.1. The summed E-state index contributed by atoms with van der Waals surface area (Å²) in [6.45, 7) is 4.15. The van der Waals surface area contributed by atoms with Gasteiger partial charge in [0.05, 0.1) is 18.1 Å². The van der Waals surface area contributed by atoms with E-state index in [-0.39, 0.29) is 24.0 Å². The van der Waals surface area contributed by atoms with Crippen LogP contribution in [-0.4, -0.2) is 43.4 Å². The fourth-order valence-corrected chi connectivity index (χ4v) is 5.66. The smallest absolute Gasteiger partial charge is 0.254 e. The summed E-state index contributed by atoms with van der Waals surface area (Å²) >= 11 is 5.96. The van der Waals surface area contributed by atoms with E-state index in [1.165, 1.54) is 0 Å². The van der Waals surface area contributed by atoms with Crippen LogP contribution in [0.3, 0.4) is 0 Å². The minimum atomic E-state index is -3.17. The van der Waals surface area contributed by atoms with E-state index in [9.17, 15) is 13.2 Å². The maximum Gasteiger partial charge on any atom is 0.254 e. The van der Waals surface area contributed by atoms with Gasteiger partial charge in [-0.1, -0.05) is 24.3 Å². The molecule has 33 heavy (non-hydrogen) atoms. The first-order valence-corrected chi connectivity index (χ1v) is 12.7. The minimum absolute atomic E-state index is 0.0516. The molecule has 1 fully saturated rings. The number of benzene rings is 2. The van der Waals surface area contributed by atoms with Gasteiger partial charge in [0.2, 0.25) is 0 Å². The highest BCUT2D eigenvalue weighted by atomic mass is 35.5. The van der Waals surface area contributed by atoms with Gasteiger partial charge in [-0.25, -0.2) is 8.42 Å². The van der Waals surface area contributed by atoms with Crippen LogP contribution in [0.2, 0.25) is 5.02 Å². The summed E-state index contributed by atoms with van der Waals surface area (Å²) in [6.07, 6.45) is 2.04. The molecule has 1 aliphatic heterocycles. The molecule has 2 aromatic carbocycles. The summed E-state index contributed by atoms with van der Waals surface area (Å²) in [5, 5.41) is 0.630. The normalized spacial score (nSPS) is 16.9. The van der Waals surface area contributed by atoms with Gasteiger partial charge in [0, 0.05) is 22.2 Å². The Morgan fingerprint density at radius 3 is 2.48 bits per heavy atom. The van der Waals surface area contributed by atoms with E-state index in [1.807, 2.05) is 18.2 Å². The number of halogens is 1. The molecule has 2 heterocycles. The van der Waals surface area contributed by atoms with Crippen LogP contribution >= 0.6 is 11.6 Å². The highest BCUT2D eigenvalue weighted by Crippen LogP contribution is 2.27. The molecule has 0 unspecified atom stereocenters. The van der Waals surface area contributed by atoms with Crippen LogP contribution in [0.5, 0.6) is 5.75 Å². The lowest BCUT2D eigenvalue weighted by Gasteiger charge is -2.27. The van der Waals surface area contributed by atoms with Crippen LogP contribution in [0.4, 0.5) is 0 Å². The molecule has 1 amide bonds. The largest absolute Gasteiger partial charge is 0.490 e. The van der Waals surface area contributed by atoms with Crippen LogP contribution in [0.15, 0.2) is 77.7 Å². The summed E-state index contributed by atoms with van der Waals surface area (Å²) in [7, 11) is -3.17. The number of carbonyl (C=O) groups is 1. The van der Waals surface area contributed by atoms with Gasteiger partial charge in [-0.05, 0) is 67.1 Å². The number of nitrogens with zero attached hydrogens (tertiary/aromatic N) is 1. The van der Waals surface area contributed by atoms with Gasteiger partial charge in [-0.2, -0.15) is 0 Å². The van der Waals surface area contributed by atoms with Gasteiger partial charge >= 0.3 is 0 Å². The molecule has 0 aliphatic carbocycles. The van der Waals surface area contributed by atoms with Gasteiger partial charge in [0.15, 0.2) is 9.84 Å². The molecule has 0 spiro atoms. The van der Waals surface area contributed by atoms with Crippen molar-refractivity contribution in [2.24, 2.45) is 0 Å². The number of ether oxygens (including phenoxy) is 1. The molecular formula is C25H24ClNO5S. The van der Waals surface area contributed by atoms with Gasteiger partial charge in [0.1, 0.15) is 23.9 Å². The second-order valence-corrected chi connectivity index (χ2v) is 10.6. The number of amides is 1. The standard InChI is InChI=1S/C25H24ClNO5S/c1-2-14-31-22-9-5-19(6-10-22)25(28)27(21-13-15-33(29,30)17-21)16-23-11-12-24(32-23)18-3-7-20(26)8-4-18/h2-12,21H,1,13-17H2/t21-/m1/s1. The molecule has 3 aromatic rings. The number of hydrogen-bond donors (Lipinski definition) is 0. The van der Waals surface area contributed by atoms with Crippen LogP contribution in [-0.2, 0) is 16.4 Å². The van der Waals surface area contributed by atoms with Gasteiger partial charge in [-0.15, -0.1) is 0 Å². The molecule has 1 atom stereocenters. The van der Waals surface area contributed by atoms with Crippen molar-refractivity contribution in [1.82, 2.24) is 4.90 Å². The highest BCUT2D eigenvalue weighted by molar-refractivity contribution is 7.91. The van der Waals surface area contributed by atoms with Gasteiger partial charge in [-0.3, -0.25) is 4.79 Å². The molecule has 4 rings (SSSR count). The zero-order valence-corrected chi connectivity index (χ0v) is 19.5. The van der Waals surface area contributed by atoms with E-state index in [4.69, 9.17) is 20.8 Å². The van der Waals surface area contributed by atoms with Crippen molar-refractivity contribution in [3.8, 4) is 17.1 Å². The van der Waals surface area contributed by atoms with Crippen molar-refractivity contribution in [2.75, 3.05) is 18.1 Å². The highest BCUT2D eigenvalue weighted by Gasteiger charge is 2.35. The fraction of sp³-hybridized carbons (Fsp3) is 0.240. The first-order valence-electron chi connectivity index (χ1n) is 10.5. The van der Waals surface area contributed by atoms with E-state index in [1.54, 1.807) is 53.4 Å². The summed E-state index contributed by atoms with van der Waals surface area (Å²) in [4.78, 5) is 15.0. The van der Waals surface area contributed by atoms with Crippen molar-refractivity contribution in [1.29, 1.82) is 0 Å². The second-order valence-electron chi connectivity index (χ2n) is 7.89. The van der Waals surface area contributed by atoms with E-state index in [0.717, 1.165) is 5.56 Å². The molecule has 0 saturated carbocycles. The van der Waals surface area contributed by atoms with E-state index >= 15 is 0 Å². The Balaban J connectivity index is 1.57. The van der Waals surface area contributed by atoms with E-state index < -0.39 is 15.9 Å². The lowest BCUT2D eigenvalue weighted by Crippen LogP contribution is -2.40. The van der Waals surface area contributed by atoms with Crippen LogP contribution in [0, 0.1) is 0 Å². The quantitative estimate of drug-likeness (QED) is 0.420. The van der Waals surface area contributed by atoms with Crippen LogP contribution < -0.4 is 4.74 Å². The maximum absolute atomic E-state index is 13.4. The van der Waals surface area contributed by atoms with Crippen LogP contribution in [0.25, 0.3) is 11.3 Å². The summed E-state index contributed by atoms with van der Waals surface area (Å²) in [5.41, 5.74) is 1.32. The van der Waals surface area contributed by atoms with Crippen LogP contribution in [0.1, 0.15) is 22.5 Å². The van der Waals surface area contributed by atoms with Gasteiger partial charge in [0.25, 0.3) is 5.91 Å². The molecule has 0 bridgehead atoms. The summed E-state index contributed by atoms with van der Waals surface area (Å²) < 4.78 is 35.7. The molecule has 172 valence electrons. The Bertz CT molecular complexity index is 1230. The molecule has 0 N–H and O–H groups in total. The molecule has 6 nitrogen and oxygen atoms in total. The minimum Gasteiger partial charge on any atom is -0.490 e. The third-order valence-electron chi connectivity index (χ3n) is 5.50. The number of carbonyl (C=O) groups excluding carboxylic acids is 1. The summed E-state index contributed by atoms with van der Waals surface area (Å²) in [6, 6.07) is 17.3. The van der Waals surface area contributed by atoms with Crippen molar-refractivity contribution < 1.29 is 22.4 Å². The average Bonchev–Trinajstić information content (AvgIpc) is 3.42. The number of sulfone groups is 1. The fourth-order valence-electron chi connectivity index (χ4n) is 3.80. The Labute approximate surface area is 198 Å². The molecule has 1 saturated heterocycles. The SMILES string of the molecule is C=CCOc1ccc(C(=O)N(Cc2ccc(-c3ccc(Cl)cc3)o2)[C@@H]2CCS(=O)(=O)C2)cc1. The van der Waals surface area contributed by atoms with Crippen molar-refractivity contribution >= 4 is 27.3 Å². The predicted molar refractivity (Wildman–Crippen MR) is 128 cm³/mol. The number of rotatable bonds is 8. The zero-order valence-electron chi connectivity index (χ0n) is 17.9. The van der Waals surface area contributed by atoms with E-state index in [2.05, 4.69) is 6.58 Å². The Kier molecular flexibility index (Phi) is 6.91. The third kappa shape index (κ3) is 5.67. The second kappa shape index (κ2) is 9.85. The van der Waals surface area contributed by atoms with E-state index in [0.29, 0.717) is 40.9 Å². The lowest BCUT2D eigenvalue weighted by atomic mass is 10.1. The third-order valence-corrected chi connectivity index (χ3v) is 7.50. The molecule has 1 aliphatic rings. The Morgan fingerprint density at radius 2 is 1.85 bits per heavy atom. The molecular weight excluding hydrogens is 462 g/mol. The average molecular weight is 486 g/mol. The molecule has 0 radical (unpaired) electrons. The monoisotopic (exact) mass is 485 g/mol. The van der Waals surface area contributed by atoms with Crippen molar-refractivity contribution in [3.63, 3.8) is 0 Å². The lowest BCUT2D eigenvalue weighted by molar-refractivity contribution is 0.0666. The Hall–Kier alpha value is -3.03. The molecule has 8 heteroatoms. The van der Waals surface area contributed by atoms with Crippen molar-refractivity contribution in [2.45, 2.75) is 19.0 Å². The Morgan fingerprint density at radius 1 is 1.12 bits per heavy atom. The molecule has 1 aromatic heterocycles. The first-order chi connectivity index (χ1) is 15.8. The van der Waals surface area contributed by atoms with Gasteiger partial charge < -0.3 is 14.1 Å². The number of hydrogen-bond acceptors (Lipinski definition) is 5. The maximum atomic E-state index is 13.4. The zero-order chi connectivity index (χ0) is 23.4. The van der Waals surface area contributed by atoms with Crippen molar-refractivity contribution in [3.05, 3.63) is 89.7 Å². The number of furan rings is 1.